The van der Waals surface area contributed by atoms with E-state index in [1.165, 1.54) is 17.3 Å². The Bertz CT molecular complexity index is 653. The van der Waals surface area contributed by atoms with Crippen molar-refractivity contribution in [2.75, 3.05) is 0 Å². The Kier molecular flexibility index (Phi) is 6.16. The van der Waals surface area contributed by atoms with Gasteiger partial charge in [0.1, 0.15) is 5.25 Å². The molecule has 0 saturated heterocycles. The number of benzene rings is 2. The Labute approximate surface area is 140 Å². The number of thioether (sulfide) groups is 1. The first kappa shape index (κ1) is 16.7. The number of aliphatic carboxylic acids is 1. The number of carbonyl (C=O) groups is 1. The fraction of sp³-hybridized carbons (Fsp3) is 0.222. The van der Waals surface area contributed by atoms with Crippen LogP contribution in [0, 0.1) is 0 Å². The highest BCUT2D eigenvalue weighted by Gasteiger charge is 2.19. The summed E-state index contributed by atoms with van der Waals surface area (Å²) in [5.41, 5.74) is 3.49. The van der Waals surface area contributed by atoms with Gasteiger partial charge in [0.2, 0.25) is 0 Å². The number of rotatable bonds is 6. The second-order valence-electron chi connectivity index (χ2n) is 5.00. The summed E-state index contributed by atoms with van der Waals surface area (Å²) in [5, 5.41) is 8.82. The molecule has 0 heterocycles. The maximum absolute atomic E-state index is 11.3. The van der Waals surface area contributed by atoms with E-state index in [0.717, 1.165) is 17.5 Å². The fourth-order valence-electron chi connectivity index (χ4n) is 2.36. The van der Waals surface area contributed by atoms with Crippen molar-refractivity contribution in [2.45, 2.75) is 25.0 Å². The van der Waals surface area contributed by atoms with Gasteiger partial charge in [0, 0.05) is 4.20 Å². The molecule has 0 aliphatic heterocycles. The van der Waals surface area contributed by atoms with Gasteiger partial charge in [-0.1, -0.05) is 66.8 Å². The van der Waals surface area contributed by atoms with E-state index in [4.69, 9.17) is 12.2 Å². The highest BCUT2D eigenvalue weighted by atomic mass is 32.2. The predicted molar refractivity (Wildman–Crippen MR) is 97.5 cm³/mol. The normalized spacial score (nSPS) is 11.9. The molecule has 0 bridgehead atoms. The van der Waals surface area contributed by atoms with Crippen molar-refractivity contribution >= 4 is 34.1 Å². The standard InChI is InChI=1S/C18H18O2S2/c1-13(21)22-17(18(19)20)12-11-15-9-5-6-10-16(15)14-7-3-2-4-8-14/h2-10,17H,11-12H2,1H3,(H,19,20). The number of hydrogen-bond donors (Lipinski definition) is 1. The molecule has 1 atom stereocenters. The molecule has 0 amide bonds. The van der Waals surface area contributed by atoms with Crippen LogP contribution < -0.4 is 0 Å². The fourth-order valence-corrected chi connectivity index (χ4v) is 3.44. The Hall–Kier alpha value is -1.65. The average Bonchev–Trinajstić information content (AvgIpc) is 2.52. The van der Waals surface area contributed by atoms with Gasteiger partial charge in [-0.15, -0.1) is 11.8 Å². The van der Waals surface area contributed by atoms with E-state index >= 15 is 0 Å². The van der Waals surface area contributed by atoms with Crippen molar-refractivity contribution in [3.05, 3.63) is 60.2 Å². The number of carboxylic acids is 1. The number of aryl methyl sites for hydroxylation is 1. The van der Waals surface area contributed by atoms with Gasteiger partial charge in [0.15, 0.2) is 0 Å². The molecule has 0 aliphatic rings. The van der Waals surface area contributed by atoms with Crippen molar-refractivity contribution in [2.24, 2.45) is 0 Å². The monoisotopic (exact) mass is 330 g/mol. The second kappa shape index (κ2) is 8.11. The Morgan fingerprint density at radius 3 is 2.41 bits per heavy atom. The highest BCUT2D eigenvalue weighted by Crippen LogP contribution is 2.26. The van der Waals surface area contributed by atoms with E-state index in [0.29, 0.717) is 10.6 Å². The minimum atomic E-state index is -0.800. The summed E-state index contributed by atoms with van der Waals surface area (Å²) in [6.07, 6.45) is 1.29. The third-order valence-corrected chi connectivity index (χ3v) is 4.70. The zero-order valence-electron chi connectivity index (χ0n) is 12.4. The largest absolute Gasteiger partial charge is 0.480 e. The molecule has 22 heavy (non-hydrogen) atoms. The first-order valence-corrected chi connectivity index (χ1v) is 8.40. The van der Waals surface area contributed by atoms with Crippen LogP contribution in [0.3, 0.4) is 0 Å². The van der Waals surface area contributed by atoms with Gasteiger partial charge in [-0.3, -0.25) is 4.79 Å². The van der Waals surface area contributed by atoms with Gasteiger partial charge in [0.05, 0.1) is 0 Å². The van der Waals surface area contributed by atoms with Gasteiger partial charge in [0.25, 0.3) is 0 Å². The van der Waals surface area contributed by atoms with Crippen LogP contribution in [0.1, 0.15) is 18.9 Å². The molecule has 2 aromatic carbocycles. The highest BCUT2D eigenvalue weighted by molar-refractivity contribution is 8.23. The Balaban J connectivity index is 2.16. The van der Waals surface area contributed by atoms with E-state index in [-0.39, 0.29) is 0 Å². The second-order valence-corrected chi connectivity index (χ2v) is 7.29. The van der Waals surface area contributed by atoms with Crippen molar-refractivity contribution in [3.8, 4) is 11.1 Å². The predicted octanol–water partition coefficient (Wildman–Crippen LogP) is 4.82. The third kappa shape index (κ3) is 4.68. The summed E-state index contributed by atoms with van der Waals surface area (Å²) in [7, 11) is 0. The summed E-state index contributed by atoms with van der Waals surface area (Å²) < 4.78 is 0.670. The minimum Gasteiger partial charge on any atom is -0.480 e. The molecule has 1 N–H and O–H groups in total. The molecule has 0 saturated carbocycles. The van der Waals surface area contributed by atoms with Crippen LogP contribution in [0.2, 0.25) is 0 Å². The summed E-state index contributed by atoms with van der Waals surface area (Å²) in [4.78, 5) is 11.3. The van der Waals surface area contributed by atoms with Crippen LogP contribution in [0.15, 0.2) is 54.6 Å². The Morgan fingerprint density at radius 1 is 1.14 bits per heavy atom. The molecule has 1 unspecified atom stereocenters. The molecule has 114 valence electrons. The van der Waals surface area contributed by atoms with Crippen LogP contribution in [-0.4, -0.2) is 20.5 Å². The van der Waals surface area contributed by atoms with Crippen molar-refractivity contribution in [1.29, 1.82) is 0 Å². The van der Waals surface area contributed by atoms with Gasteiger partial charge < -0.3 is 5.11 Å². The SMILES string of the molecule is CC(=S)SC(CCc1ccccc1-c1ccccc1)C(=O)O. The van der Waals surface area contributed by atoms with E-state index in [1.54, 1.807) is 6.92 Å². The number of thiocarbonyl (C=S) groups is 1. The molecule has 0 aliphatic carbocycles. The molecule has 2 aromatic rings. The van der Waals surface area contributed by atoms with Crippen molar-refractivity contribution in [1.82, 2.24) is 0 Å². The van der Waals surface area contributed by atoms with Gasteiger partial charge in [-0.2, -0.15) is 0 Å². The van der Waals surface area contributed by atoms with Crippen LogP contribution >= 0.6 is 24.0 Å². The van der Waals surface area contributed by atoms with Crippen LogP contribution in [0.25, 0.3) is 11.1 Å². The van der Waals surface area contributed by atoms with E-state index in [2.05, 4.69) is 24.3 Å². The van der Waals surface area contributed by atoms with Crippen molar-refractivity contribution < 1.29 is 9.90 Å². The zero-order valence-corrected chi connectivity index (χ0v) is 14.0. The van der Waals surface area contributed by atoms with Crippen LogP contribution in [0.4, 0.5) is 0 Å². The molecule has 0 radical (unpaired) electrons. The van der Waals surface area contributed by atoms with Crippen LogP contribution in [-0.2, 0) is 11.2 Å². The lowest BCUT2D eigenvalue weighted by Gasteiger charge is -2.13. The van der Waals surface area contributed by atoms with Gasteiger partial charge in [-0.25, -0.2) is 0 Å². The van der Waals surface area contributed by atoms with E-state index in [1.807, 2.05) is 30.3 Å². The van der Waals surface area contributed by atoms with Crippen LogP contribution in [0.5, 0.6) is 0 Å². The number of carboxylic acid groups (broad SMARTS) is 1. The lowest BCUT2D eigenvalue weighted by Crippen LogP contribution is -2.18. The summed E-state index contributed by atoms with van der Waals surface area (Å²) in [6.45, 7) is 1.77. The van der Waals surface area contributed by atoms with Gasteiger partial charge >= 0.3 is 5.97 Å². The smallest absolute Gasteiger partial charge is 0.317 e. The molecule has 2 nitrogen and oxygen atoms in total. The molecular formula is C18H18O2S2. The molecule has 2 rings (SSSR count). The van der Waals surface area contributed by atoms with Crippen molar-refractivity contribution in [3.63, 3.8) is 0 Å². The maximum Gasteiger partial charge on any atom is 0.317 e. The average molecular weight is 330 g/mol. The lowest BCUT2D eigenvalue weighted by molar-refractivity contribution is -0.136. The summed E-state index contributed by atoms with van der Waals surface area (Å²) in [6, 6.07) is 18.3. The zero-order chi connectivity index (χ0) is 15.9. The Morgan fingerprint density at radius 2 is 1.77 bits per heavy atom. The minimum absolute atomic E-state index is 0.485. The molecule has 4 heteroatoms. The molecule has 0 aromatic heterocycles. The molecule has 0 spiro atoms. The number of hydrogen-bond acceptors (Lipinski definition) is 3. The summed E-state index contributed by atoms with van der Waals surface area (Å²) in [5.74, 6) is -0.800. The van der Waals surface area contributed by atoms with E-state index < -0.39 is 11.2 Å². The third-order valence-electron chi connectivity index (χ3n) is 3.36. The van der Waals surface area contributed by atoms with Gasteiger partial charge in [-0.05, 0) is 36.5 Å². The first-order valence-electron chi connectivity index (χ1n) is 7.11. The lowest BCUT2D eigenvalue weighted by atomic mass is 9.96. The molecular weight excluding hydrogens is 312 g/mol. The van der Waals surface area contributed by atoms with E-state index in [9.17, 15) is 9.90 Å². The first-order chi connectivity index (χ1) is 10.6. The quantitative estimate of drug-likeness (QED) is 0.771. The maximum atomic E-state index is 11.3. The molecule has 0 fully saturated rings. The summed E-state index contributed by atoms with van der Waals surface area (Å²) >= 11 is 6.28. The topological polar surface area (TPSA) is 37.3 Å².